The summed E-state index contributed by atoms with van der Waals surface area (Å²) in [6.45, 7) is 0. The van der Waals surface area contributed by atoms with E-state index in [1.165, 1.54) is 58.8 Å². The Morgan fingerprint density at radius 2 is 0.803 bits per heavy atom. The number of nitrogens with zero attached hydrogens (tertiary/aromatic N) is 1. The van der Waals surface area contributed by atoms with Crippen molar-refractivity contribution in [2.75, 3.05) is 4.90 Å². The molecule has 0 spiro atoms. The predicted molar refractivity (Wildman–Crippen MR) is 261 cm³/mol. The van der Waals surface area contributed by atoms with Gasteiger partial charge in [-0.25, -0.2) is 0 Å². The molecule has 0 saturated carbocycles. The molecule has 12 aromatic rings. The van der Waals surface area contributed by atoms with Crippen LogP contribution in [0.15, 0.2) is 229 Å². The Kier molecular flexibility index (Phi) is 8.39. The van der Waals surface area contributed by atoms with Crippen LogP contribution in [-0.2, 0) is 0 Å². The van der Waals surface area contributed by atoms with Crippen molar-refractivity contribution in [1.29, 1.82) is 0 Å². The summed E-state index contributed by atoms with van der Waals surface area (Å²) in [5, 5.41) is 7.32. The van der Waals surface area contributed by atoms with Crippen LogP contribution >= 0.6 is 11.3 Å². The zero-order valence-electron chi connectivity index (χ0n) is 33.1. The number of hydrogen-bond acceptors (Lipinski definition) is 3. The van der Waals surface area contributed by atoms with Crippen molar-refractivity contribution >= 4 is 81.3 Å². The fourth-order valence-electron chi connectivity index (χ4n) is 9.14. The van der Waals surface area contributed by atoms with Gasteiger partial charge >= 0.3 is 0 Å². The normalized spacial score (nSPS) is 11.6. The largest absolute Gasteiger partial charge is 0.453 e. The average molecular weight is 796 g/mol. The number of rotatable bonds is 7. The van der Waals surface area contributed by atoms with Gasteiger partial charge in [0.05, 0.1) is 5.69 Å². The summed E-state index contributed by atoms with van der Waals surface area (Å²) in [5.41, 5.74) is 14.3. The van der Waals surface area contributed by atoms with Gasteiger partial charge in [-0.15, -0.1) is 11.3 Å². The first-order valence-corrected chi connectivity index (χ1v) is 21.6. The van der Waals surface area contributed by atoms with Gasteiger partial charge in [-0.2, -0.15) is 0 Å². The van der Waals surface area contributed by atoms with Gasteiger partial charge in [0.1, 0.15) is 5.58 Å². The van der Waals surface area contributed by atoms with Crippen LogP contribution in [0.5, 0.6) is 0 Å². The van der Waals surface area contributed by atoms with Gasteiger partial charge < -0.3 is 9.32 Å². The molecule has 0 aliphatic carbocycles. The molecule has 0 bridgehead atoms. The fraction of sp³-hybridized carbons (Fsp3) is 0. The van der Waals surface area contributed by atoms with E-state index in [1.54, 1.807) is 0 Å². The van der Waals surface area contributed by atoms with Crippen molar-refractivity contribution < 1.29 is 4.42 Å². The average Bonchev–Trinajstić information content (AvgIpc) is 3.92. The van der Waals surface area contributed by atoms with E-state index in [4.69, 9.17) is 4.42 Å². The molecule has 0 aliphatic rings. The third-order valence-corrected chi connectivity index (χ3v) is 13.3. The zero-order chi connectivity index (χ0) is 40.3. The first-order valence-electron chi connectivity index (χ1n) is 20.7. The molecule has 286 valence electrons. The summed E-state index contributed by atoms with van der Waals surface area (Å²) in [6, 6.07) is 80.9. The second kappa shape index (κ2) is 14.5. The van der Waals surface area contributed by atoms with Crippen molar-refractivity contribution in [3.8, 4) is 44.5 Å². The lowest BCUT2D eigenvalue weighted by atomic mass is 9.98. The molecule has 12 rings (SSSR count). The maximum atomic E-state index is 6.98. The summed E-state index contributed by atoms with van der Waals surface area (Å²) >= 11 is 1.87. The van der Waals surface area contributed by atoms with Crippen molar-refractivity contribution in [3.05, 3.63) is 224 Å². The van der Waals surface area contributed by atoms with Crippen molar-refractivity contribution in [2.45, 2.75) is 0 Å². The fourth-order valence-corrected chi connectivity index (χ4v) is 10.4. The third kappa shape index (κ3) is 6.01. The first-order chi connectivity index (χ1) is 30.2. The molecule has 0 aliphatic heterocycles. The van der Waals surface area contributed by atoms with Gasteiger partial charge in [0.25, 0.3) is 0 Å². The van der Waals surface area contributed by atoms with Crippen molar-refractivity contribution in [2.24, 2.45) is 0 Å². The molecular weight excluding hydrogens is 759 g/mol. The van der Waals surface area contributed by atoms with E-state index in [9.17, 15) is 0 Å². The summed E-state index contributed by atoms with van der Waals surface area (Å²) in [6.07, 6.45) is 0. The van der Waals surface area contributed by atoms with Crippen LogP contribution in [0.25, 0.3) is 97.4 Å². The second-order valence-corrected chi connectivity index (χ2v) is 16.7. The number of thiophene rings is 1. The van der Waals surface area contributed by atoms with Crippen molar-refractivity contribution in [1.82, 2.24) is 0 Å². The highest BCUT2D eigenvalue weighted by Crippen LogP contribution is 2.45. The topological polar surface area (TPSA) is 16.4 Å². The van der Waals surface area contributed by atoms with E-state index >= 15 is 0 Å². The molecule has 10 aromatic carbocycles. The van der Waals surface area contributed by atoms with Crippen LogP contribution in [-0.4, -0.2) is 0 Å². The molecule has 2 aromatic heterocycles. The smallest absolute Gasteiger partial charge is 0.159 e. The van der Waals surface area contributed by atoms with Crippen molar-refractivity contribution in [3.63, 3.8) is 0 Å². The number of hydrogen-bond donors (Lipinski definition) is 0. The summed E-state index contributed by atoms with van der Waals surface area (Å²) < 4.78 is 9.64. The molecular formula is C58H37NOS. The Morgan fingerprint density at radius 1 is 0.311 bits per heavy atom. The minimum atomic E-state index is 0.854. The maximum Gasteiger partial charge on any atom is 0.159 e. The van der Waals surface area contributed by atoms with Gasteiger partial charge in [-0.3, -0.25) is 0 Å². The Bertz CT molecular complexity index is 3560. The molecule has 3 heteroatoms. The van der Waals surface area contributed by atoms with E-state index in [-0.39, 0.29) is 0 Å². The van der Waals surface area contributed by atoms with E-state index in [1.807, 2.05) is 11.3 Å². The first kappa shape index (κ1) is 35.2. The maximum absolute atomic E-state index is 6.98. The van der Waals surface area contributed by atoms with E-state index in [0.29, 0.717) is 0 Å². The van der Waals surface area contributed by atoms with Crippen LogP contribution in [0.1, 0.15) is 0 Å². The Balaban J connectivity index is 0.954. The van der Waals surface area contributed by atoms with Crippen LogP contribution in [0.3, 0.4) is 0 Å². The van der Waals surface area contributed by atoms with Crippen LogP contribution < -0.4 is 4.90 Å². The number of benzene rings is 10. The van der Waals surface area contributed by atoms with Crippen LogP contribution in [0.2, 0.25) is 0 Å². The molecule has 0 amide bonds. The molecule has 0 fully saturated rings. The lowest BCUT2D eigenvalue weighted by Crippen LogP contribution is -2.10. The highest BCUT2D eigenvalue weighted by molar-refractivity contribution is 7.26. The van der Waals surface area contributed by atoms with Gasteiger partial charge in [0.2, 0.25) is 0 Å². The monoisotopic (exact) mass is 795 g/mol. The lowest BCUT2D eigenvalue weighted by Gasteiger charge is -2.26. The second-order valence-electron chi connectivity index (χ2n) is 15.6. The highest BCUT2D eigenvalue weighted by Gasteiger charge is 2.21. The molecule has 61 heavy (non-hydrogen) atoms. The Morgan fingerprint density at radius 3 is 1.57 bits per heavy atom. The quantitative estimate of drug-likeness (QED) is 0.160. The minimum Gasteiger partial charge on any atom is -0.453 e. The zero-order valence-corrected chi connectivity index (χ0v) is 33.9. The van der Waals surface area contributed by atoms with E-state index < -0.39 is 0 Å². The molecule has 2 nitrogen and oxygen atoms in total. The number of furan rings is 1. The van der Waals surface area contributed by atoms with E-state index in [2.05, 4.69) is 229 Å². The minimum absolute atomic E-state index is 0.854. The van der Waals surface area contributed by atoms with Gasteiger partial charge in [0.15, 0.2) is 5.58 Å². The molecule has 0 N–H and O–H groups in total. The lowest BCUT2D eigenvalue weighted by molar-refractivity contribution is 0.670. The number of para-hydroxylation sites is 2. The molecule has 0 unspecified atom stereocenters. The summed E-state index contributed by atoms with van der Waals surface area (Å²) in [7, 11) is 0. The molecule has 0 radical (unpaired) electrons. The van der Waals surface area contributed by atoms with Crippen LogP contribution in [0.4, 0.5) is 17.1 Å². The van der Waals surface area contributed by atoms with E-state index in [0.717, 1.165) is 55.7 Å². The van der Waals surface area contributed by atoms with Gasteiger partial charge in [-0.1, -0.05) is 188 Å². The number of anilines is 3. The Hall–Kier alpha value is -7.72. The summed E-state index contributed by atoms with van der Waals surface area (Å²) in [5.74, 6) is 0. The standard InChI is InChI=1S/C58H37NOS/c1-2-12-41(13-3-1)48-19-9-21-51-52-22-11-24-54(57(52)60-56(48)51)59(45-36-32-42(33-37-45)47-18-8-15-40-14-4-5-16-46(40)47)44-34-30-39(31-35-44)38-26-28-43(29-27-38)49-20-10-23-53-50-17-6-7-25-55(50)61-58(49)53/h1-37H. The highest BCUT2D eigenvalue weighted by atomic mass is 32.1. The summed E-state index contributed by atoms with van der Waals surface area (Å²) in [4.78, 5) is 2.33. The van der Waals surface area contributed by atoms with Gasteiger partial charge in [-0.05, 0) is 86.1 Å². The predicted octanol–water partition coefficient (Wildman–Crippen LogP) is 17.2. The third-order valence-electron chi connectivity index (χ3n) is 12.1. The van der Waals surface area contributed by atoms with Crippen LogP contribution in [0, 0.1) is 0 Å². The molecule has 0 saturated heterocycles. The SMILES string of the molecule is c1ccc(-c2cccc3c2oc2c(N(c4ccc(-c5ccc(-c6cccc7c6sc6ccccc67)cc5)cc4)c4ccc(-c5cccc6ccccc56)cc4)cccc23)cc1. The van der Waals surface area contributed by atoms with Gasteiger partial charge in [0, 0.05) is 47.9 Å². The number of fused-ring (bicyclic) bond motifs is 7. The molecule has 0 atom stereocenters. The molecule has 2 heterocycles. The Labute approximate surface area is 357 Å².